The number of carbonyl (C=O) groups is 1. The third-order valence-corrected chi connectivity index (χ3v) is 6.12. The molecule has 0 saturated heterocycles. The van der Waals surface area contributed by atoms with Crippen molar-refractivity contribution < 1.29 is 4.79 Å². The molecule has 0 bridgehead atoms. The first-order valence-electron chi connectivity index (χ1n) is 8.20. The SMILES string of the molecule is NCC1CCCCC1NC(=O)CSCc1cc(=O)n2ccsc2n1. The van der Waals surface area contributed by atoms with Crippen LogP contribution in [0.5, 0.6) is 0 Å². The zero-order valence-electron chi connectivity index (χ0n) is 13.4. The molecule has 0 spiro atoms. The lowest BCUT2D eigenvalue weighted by Gasteiger charge is -2.31. The van der Waals surface area contributed by atoms with Gasteiger partial charge in [-0.3, -0.25) is 14.0 Å². The summed E-state index contributed by atoms with van der Waals surface area (Å²) in [5.74, 6) is 1.37. The summed E-state index contributed by atoms with van der Waals surface area (Å²) >= 11 is 2.92. The molecule has 1 aliphatic carbocycles. The van der Waals surface area contributed by atoms with E-state index in [1.54, 1.807) is 6.20 Å². The van der Waals surface area contributed by atoms with Crippen molar-refractivity contribution in [1.29, 1.82) is 0 Å². The van der Waals surface area contributed by atoms with Crippen molar-refractivity contribution in [2.75, 3.05) is 12.3 Å². The number of rotatable bonds is 6. The van der Waals surface area contributed by atoms with Crippen LogP contribution in [0.1, 0.15) is 31.4 Å². The Labute approximate surface area is 148 Å². The predicted molar refractivity (Wildman–Crippen MR) is 98.4 cm³/mol. The summed E-state index contributed by atoms with van der Waals surface area (Å²) < 4.78 is 1.53. The Balaban J connectivity index is 1.50. The number of thiazole rings is 1. The van der Waals surface area contributed by atoms with E-state index in [0.717, 1.165) is 25.0 Å². The molecule has 2 unspecified atom stereocenters. The third-order valence-electron chi connectivity index (χ3n) is 4.40. The van der Waals surface area contributed by atoms with Gasteiger partial charge in [0.25, 0.3) is 5.56 Å². The van der Waals surface area contributed by atoms with Gasteiger partial charge in [0.05, 0.1) is 11.4 Å². The molecule has 0 aromatic carbocycles. The highest BCUT2D eigenvalue weighted by atomic mass is 32.2. The largest absolute Gasteiger partial charge is 0.352 e. The van der Waals surface area contributed by atoms with Crippen LogP contribution in [0.2, 0.25) is 0 Å². The molecule has 130 valence electrons. The topological polar surface area (TPSA) is 89.5 Å². The van der Waals surface area contributed by atoms with E-state index in [-0.39, 0.29) is 17.5 Å². The van der Waals surface area contributed by atoms with E-state index < -0.39 is 0 Å². The van der Waals surface area contributed by atoms with E-state index in [9.17, 15) is 9.59 Å². The first kappa shape index (κ1) is 17.4. The van der Waals surface area contributed by atoms with Gasteiger partial charge in [-0.25, -0.2) is 4.98 Å². The van der Waals surface area contributed by atoms with E-state index in [1.807, 2.05) is 5.38 Å². The van der Waals surface area contributed by atoms with E-state index in [4.69, 9.17) is 5.73 Å². The Morgan fingerprint density at radius 3 is 3.12 bits per heavy atom. The maximum atomic E-state index is 12.1. The number of hydrogen-bond acceptors (Lipinski definition) is 6. The fourth-order valence-electron chi connectivity index (χ4n) is 3.14. The van der Waals surface area contributed by atoms with Gasteiger partial charge >= 0.3 is 0 Å². The minimum absolute atomic E-state index is 0.0410. The van der Waals surface area contributed by atoms with Gasteiger partial charge in [0, 0.05) is 29.4 Å². The molecule has 8 heteroatoms. The minimum Gasteiger partial charge on any atom is -0.352 e. The number of aromatic nitrogens is 2. The van der Waals surface area contributed by atoms with Gasteiger partial charge in [0.2, 0.25) is 5.91 Å². The molecule has 0 aliphatic heterocycles. The van der Waals surface area contributed by atoms with Crippen molar-refractivity contribution in [3.05, 3.63) is 33.7 Å². The van der Waals surface area contributed by atoms with Crippen LogP contribution in [0.3, 0.4) is 0 Å². The maximum Gasteiger partial charge on any atom is 0.258 e. The van der Waals surface area contributed by atoms with E-state index in [0.29, 0.717) is 28.9 Å². The molecule has 6 nitrogen and oxygen atoms in total. The first-order valence-corrected chi connectivity index (χ1v) is 10.2. The molecule has 1 aliphatic rings. The second-order valence-electron chi connectivity index (χ2n) is 6.09. The zero-order valence-corrected chi connectivity index (χ0v) is 15.1. The molecule has 24 heavy (non-hydrogen) atoms. The summed E-state index contributed by atoms with van der Waals surface area (Å²) in [6.07, 6.45) is 6.20. The normalized spacial score (nSPS) is 21.0. The molecular formula is C16H22N4O2S2. The molecule has 1 saturated carbocycles. The minimum atomic E-state index is -0.0747. The molecule has 2 aromatic heterocycles. The van der Waals surface area contributed by atoms with E-state index in [1.165, 1.54) is 40.0 Å². The van der Waals surface area contributed by atoms with Crippen LogP contribution in [0.25, 0.3) is 4.96 Å². The Kier molecular flexibility index (Phi) is 5.91. The molecule has 2 aromatic rings. The molecule has 2 heterocycles. The van der Waals surface area contributed by atoms with Crippen LogP contribution in [0, 0.1) is 5.92 Å². The molecule has 0 radical (unpaired) electrons. The number of amides is 1. The van der Waals surface area contributed by atoms with Crippen molar-refractivity contribution in [2.45, 2.75) is 37.5 Å². The highest BCUT2D eigenvalue weighted by Gasteiger charge is 2.25. The Bertz CT molecular complexity index is 758. The average molecular weight is 367 g/mol. The quantitative estimate of drug-likeness (QED) is 0.811. The Morgan fingerprint density at radius 2 is 2.29 bits per heavy atom. The smallest absolute Gasteiger partial charge is 0.258 e. The summed E-state index contributed by atoms with van der Waals surface area (Å²) in [4.78, 5) is 29.2. The monoisotopic (exact) mass is 366 g/mol. The second kappa shape index (κ2) is 8.13. The predicted octanol–water partition coefficient (Wildman–Crippen LogP) is 1.62. The van der Waals surface area contributed by atoms with Crippen LogP contribution in [0.4, 0.5) is 0 Å². The number of nitrogens with two attached hydrogens (primary N) is 1. The molecule has 3 rings (SSSR count). The van der Waals surface area contributed by atoms with Crippen LogP contribution in [-0.2, 0) is 10.5 Å². The lowest BCUT2D eigenvalue weighted by atomic mass is 9.84. The fraction of sp³-hybridized carbons (Fsp3) is 0.562. The summed E-state index contributed by atoms with van der Waals surface area (Å²) in [5, 5.41) is 4.96. The van der Waals surface area contributed by atoms with Crippen molar-refractivity contribution in [3.63, 3.8) is 0 Å². The standard InChI is InChI=1S/C16H22N4O2S2/c17-8-11-3-1-2-4-13(11)19-14(21)10-23-9-12-7-15(22)20-5-6-24-16(20)18-12/h5-7,11,13H,1-4,8-10,17H2,(H,19,21). The van der Waals surface area contributed by atoms with Crippen LogP contribution in [-0.4, -0.2) is 33.6 Å². The number of nitrogens with zero attached hydrogens (tertiary/aromatic N) is 2. The molecule has 1 fully saturated rings. The third kappa shape index (κ3) is 4.17. The highest BCUT2D eigenvalue weighted by Crippen LogP contribution is 2.23. The van der Waals surface area contributed by atoms with Crippen molar-refractivity contribution in [2.24, 2.45) is 11.7 Å². The number of thioether (sulfide) groups is 1. The molecule has 1 amide bonds. The Morgan fingerprint density at radius 1 is 1.46 bits per heavy atom. The van der Waals surface area contributed by atoms with Crippen LogP contribution >= 0.6 is 23.1 Å². The lowest BCUT2D eigenvalue weighted by molar-refractivity contribution is -0.119. The van der Waals surface area contributed by atoms with Gasteiger partial charge in [0.1, 0.15) is 0 Å². The number of carbonyl (C=O) groups excluding carboxylic acids is 1. The van der Waals surface area contributed by atoms with Crippen molar-refractivity contribution in [3.8, 4) is 0 Å². The molecule has 3 N–H and O–H groups in total. The molecular weight excluding hydrogens is 344 g/mol. The summed E-state index contributed by atoms with van der Waals surface area (Å²) in [7, 11) is 0. The first-order chi connectivity index (χ1) is 11.7. The van der Waals surface area contributed by atoms with E-state index >= 15 is 0 Å². The van der Waals surface area contributed by atoms with Gasteiger partial charge in [-0.05, 0) is 25.3 Å². The fourth-order valence-corrected chi connectivity index (χ4v) is 4.60. The number of hydrogen-bond donors (Lipinski definition) is 2. The highest BCUT2D eigenvalue weighted by molar-refractivity contribution is 7.99. The number of fused-ring (bicyclic) bond motifs is 1. The zero-order chi connectivity index (χ0) is 16.9. The second-order valence-corrected chi connectivity index (χ2v) is 7.95. The van der Waals surface area contributed by atoms with Crippen LogP contribution in [0.15, 0.2) is 22.4 Å². The van der Waals surface area contributed by atoms with Gasteiger partial charge < -0.3 is 11.1 Å². The lowest BCUT2D eigenvalue weighted by Crippen LogP contribution is -2.45. The van der Waals surface area contributed by atoms with Gasteiger partial charge in [0.15, 0.2) is 4.96 Å². The van der Waals surface area contributed by atoms with Gasteiger partial charge in [-0.1, -0.05) is 12.8 Å². The summed E-state index contributed by atoms with van der Waals surface area (Å²) in [6.45, 7) is 0.632. The van der Waals surface area contributed by atoms with Crippen LogP contribution < -0.4 is 16.6 Å². The number of nitrogens with one attached hydrogen (secondary N) is 1. The average Bonchev–Trinajstić information content (AvgIpc) is 3.04. The molecule has 2 atom stereocenters. The van der Waals surface area contributed by atoms with E-state index in [2.05, 4.69) is 10.3 Å². The summed E-state index contributed by atoms with van der Waals surface area (Å²) in [5.41, 5.74) is 6.45. The Hall–Kier alpha value is -1.38. The van der Waals surface area contributed by atoms with Crippen molar-refractivity contribution >= 4 is 34.0 Å². The summed E-state index contributed by atoms with van der Waals surface area (Å²) in [6, 6.07) is 1.75. The maximum absolute atomic E-state index is 12.1. The van der Waals surface area contributed by atoms with Crippen molar-refractivity contribution in [1.82, 2.24) is 14.7 Å². The van der Waals surface area contributed by atoms with Gasteiger partial charge in [-0.2, -0.15) is 0 Å². The van der Waals surface area contributed by atoms with Gasteiger partial charge in [-0.15, -0.1) is 23.1 Å².